The van der Waals surface area contributed by atoms with Gasteiger partial charge in [0.1, 0.15) is 0 Å². The van der Waals surface area contributed by atoms with Crippen LogP contribution in [0.1, 0.15) is 32.6 Å². The van der Waals surface area contributed by atoms with Crippen LogP contribution in [0.4, 0.5) is 0 Å². The van der Waals surface area contributed by atoms with Gasteiger partial charge in [0.25, 0.3) is 0 Å². The second kappa shape index (κ2) is 4.69. The Morgan fingerprint density at radius 3 is 3.00 bits per heavy atom. The maximum Gasteiger partial charge on any atom is 0.0130 e. The van der Waals surface area contributed by atoms with Crippen LogP contribution in [-0.4, -0.2) is 24.6 Å². The summed E-state index contributed by atoms with van der Waals surface area (Å²) in [5.74, 6) is 0. The second-order valence-corrected chi connectivity index (χ2v) is 2.96. The van der Waals surface area contributed by atoms with Gasteiger partial charge in [-0.1, -0.05) is 13.3 Å². The molecule has 0 aromatic rings. The number of hydrogen-bond donors (Lipinski definition) is 1. The highest BCUT2D eigenvalue weighted by Gasteiger charge is 2.05. The van der Waals surface area contributed by atoms with Crippen molar-refractivity contribution in [1.29, 1.82) is 0 Å². The third kappa shape index (κ3) is 2.67. The summed E-state index contributed by atoms with van der Waals surface area (Å²) in [5, 5.41) is 2.35. The van der Waals surface area contributed by atoms with Crippen molar-refractivity contribution in [3.63, 3.8) is 0 Å². The van der Waals surface area contributed by atoms with E-state index in [1.165, 1.54) is 45.3 Å². The van der Waals surface area contributed by atoms with Crippen LogP contribution in [0.15, 0.2) is 0 Å². The molecule has 60 valence electrons. The monoisotopic (exact) mass is 142 g/mol. The van der Waals surface area contributed by atoms with Crippen LogP contribution < -0.4 is 5.43 Å². The fourth-order valence-corrected chi connectivity index (χ4v) is 1.38. The Morgan fingerprint density at radius 1 is 1.30 bits per heavy atom. The molecule has 1 heterocycles. The standard InChI is InChI=1S/C8H18N2/c1-2-7-10-8-5-3-4-6-9-10/h9H,2-8H2,1H3. The quantitative estimate of drug-likeness (QED) is 0.626. The van der Waals surface area contributed by atoms with Gasteiger partial charge in [-0.2, -0.15) is 0 Å². The van der Waals surface area contributed by atoms with Crippen molar-refractivity contribution in [3.05, 3.63) is 0 Å². The molecule has 0 amide bonds. The average molecular weight is 142 g/mol. The van der Waals surface area contributed by atoms with Gasteiger partial charge in [0.15, 0.2) is 0 Å². The first-order chi connectivity index (χ1) is 4.93. The highest BCUT2D eigenvalue weighted by atomic mass is 15.5. The Hall–Kier alpha value is -0.0800. The fourth-order valence-electron chi connectivity index (χ4n) is 1.38. The van der Waals surface area contributed by atoms with Crippen LogP contribution in [-0.2, 0) is 0 Å². The maximum atomic E-state index is 3.42. The molecule has 0 aromatic carbocycles. The predicted molar refractivity (Wildman–Crippen MR) is 43.7 cm³/mol. The van der Waals surface area contributed by atoms with Crippen LogP contribution in [0.25, 0.3) is 0 Å². The van der Waals surface area contributed by atoms with Crippen molar-refractivity contribution in [2.24, 2.45) is 0 Å². The molecule has 0 aliphatic carbocycles. The van der Waals surface area contributed by atoms with Gasteiger partial charge >= 0.3 is 0 Å². The van der Waals surface area contributed by atoms with Crippen LogP contribution in [0.2, 0.25) is 0 Å². The molecule has 0 aromatic heterocycles. The first-order valence-electron chi connectivity index (χ1n) is 4.42. The molecule has 0 spiro atoms. The Bertz CT molecular complexity index is 75.3. The minimum Gasteiger partial charge on any atom is -0.255 e. The van der Waals surface area contributed by atoms with Gasteiger partial charge < -0.3 is 0 Å². The molecular formula is C8H18N2. The van der Waals surface area contributed by atoms with Crippen molar-refractivity contribution in [1.82, 2.24) is 10.4 Å². The Morgan fingerprint density at radius 2 is 2.20 bits per heavy atom. The molecule has 0 saturated carbocycles. The summed E-state index contributed by atoms with van der Waals surface area (Å²) in [5.41, 5.74) is 3.42. The average Bonchev–Trinajstić information content (AvgIpc) is 2.17. The number of nitrogens with zero attached hydrogens (tertiary/aromatic N) is 1. The summed E-state index contributed by atoms with van der Waals surface area (Å²) in [6.45, 7) is 5.86. The number of hydrogen-bond acceptors (Lipinski definition) is 2. The van der Waals surface area contributed by atoms with Gasteiger partial charge in [0, 0.05) is 19.6 Å². The lowest BCUT2D eigenvalue weighted by Crippen LogP contribution is -2.38. The number of nitrogens with one attached hydrogen (secondary N) is 1. The first kappa shape index (κ1) is 8.02. The molecule has 1 N–H and O–H groups in total. The molecule has 0 bridgehead atoms. The van der Waals surface area contributed by atoms with E-state index in [0.717, 1.165) is 0 Å². The Labute approximate surface area is 63.6 Å². The maximum absolute atomic E-state index is 3.42. The minimum atomic E-state index is 1.18. The molecule has 1 aliphatic heterocycles. The molecule has 10 heavy (non-hydrogen) atoms. The van der Waals surface area contributed by atoms with Crippen molar-refractivity contribution in [2.45, 2.75) is 32.6 Å². The SMILES string of the molecule is CCCN1CCCCCN1. The van der Waals surface area contributed by atoms with Crippen molar-refractivity contribution >= 4 is 0 Å². The van der Waals surface area contributed by atoms with Crippen molar-refractivity contribution in [3.8, 4) is 0 Å². The largest absolute Gasteiger partial charge is 0.255 e. The van der Waals surface area contributed by atoms with Crippen LogP contribution in [0.5, 0.6) is 0 Å². The summed E-state index contributed by atoms with van der Waals surface area (Å²) in [6, 6.07) is 0. The zero-order chi connectivity index (χ0) is 7.23. The molecule has 0 unspecified atom stereocenters. The smallest absolute Gasteiger partial charge is 0.0130 e. The molecule has 1 rings (SSSR count). The number of hydrazine groups is 1. The van der Waals surface area contributed by atoms with Crippen LogP contribution in [0, 0.1) is 0 Å². The van der Waals surface area contributed by atoms with Crippen LogP contribution in [0.3, 0.4) is 0 Å². The molecule has 0 atom stereocenters. The molecule has 2 heteroatoms. The molecule has 1 saturated heterocycles. The predicted octanol–water partition coefficient (Wildman–Crippen LogP) is 1.39. The van der Waals surface area contributed by atoms with Gasteiger partial charge in [0.05, 0.1) is 0 Å². The highest BCUT2D eigenvalue weighted by molar-refractivity contribution is 4.57. The van der Waals surface area contributed by atoms with E-state index in [-0.39, 0.29) is 0 Å². The summed E-state index contributed by atoms with van der Waals surface area (Å²) >= 11 is 0. The molecule has 1 fully saturated rings. The first-order valence-corrected chi connectivity index (χ1v) is 4.42. The molecule has 2 nitrogen and oxygen atoms in total. The second-order valence-electron chi connectivity index (χ2n) is 2.96. The van der Waals surface area contributed by atoms with Gasteiger partial charge in [0.2, 0.25) is 0 Å². The minimum absolute atomic E-state index is 1.18. The van der Waals surface area contributed by atoms with E-state index in [0.29, 0.717) is 0 Å². The van der Waals surface area contributed by atoms with E-state index in [1.807, 2.05) is 0 Å². The fraction of sp³-hybridized carbons (Fsp3) is 1.00. The summed E-state index contributed by atoms with van der Waals surface area (Å²) in [6.07, 6.45) is 5.37. The van der Waals surface area contributed by atoms with E-state index in [1.54, 1.807) is 0 Å². The van der Waals surface area contributed by atoms with E-state index < -0.39 is 0 Å². The lowest BCUT2D eigenvalue weighted by atomic mass is 10.2. The van der Waals surface area contributed by atoms with Crippen molar-refractivity contribution < 1.29 is 0 Å². The zero-order valence-corrected chi connectivity index (χ0v) is 6.90. The van der Waals surface area contributed by atoms with Gasteiger partial charge in [-0.25, -0.2) is 5.01 Å². The van der Waals surface area contributed by atoms with Gasteiger partial charge in [-0.15, -0.1) is 0 Å². The zero-order valence-electron chi connectivity index (χ0n) is 6.90. The topological polar surface area (TPSA) is 15.3 Å². The van der Waals surface area contributed by atoms with E-state index in [9.17, 15) is 0 Å². The Kier molecular flexibility index (Phi) is 3.76. The number of rotatable bonds is 2. The highest BCUT2D eigenvalue weighted by Crippen LogP contribution is 2.01. The molecular weight excluding hydrogens is 124 g/mol. The summed E-state index contributed by atoms with van der Waals surface area (Å²) in [7, 11) is 0. The van der Waals surface area contributed by atoms with Crippen molar-refractivity contribution in [2.75, 3.05) is 19.6 Å². The van der Waals surface area contributed by atoms with Crippen LogP contribution >= 0.6 is 0 Å². The van der Waals surface area contributed by atoms with Gasteiger partial charge in [-0.05, 0) is 19.3 Å². The molecule has 1 aliphatic rings. The molecule has 0 radical (unpaired) electrons. The normalized spacial score (nSPS) is 22.5. The third-order valence-corrected chi connectivity index (χ3v) is 1.93. The third-order valence-electron chi connectivity index (χ3n) is 1.93. The van der Waals surface area contributed by atoms with Gasteiger partial charge in [-0.3, -0.25) is 5.43 Å². The van der Waals surface area contributed by atoms with E-state index >= 15 is 0 Å². The lowest BCUT2D eigenvalue weighted by Gasteiger charge is -2.19. The lowest BCUT2D eigenvalue weighted by molar-refractivity contribution is 0.202. The summed E-state index contributed by atoms with van der Waals surface area (Å²) < 4.78 is 0. The van der Waals surface area contributed by atoms with E-state index in [2.05, 4.69) is 17.4 Å². The van der Waals surface area contributed by atoms with E-state index in [4.69, 9.17) is 0 Å². The summed E-state index contributed by atoms with van der Waals surface area (Å²) in [4.78, 5) is 0. The Balaban J connectivity index is 2.15.